The molecule has 3 heteroatoms. The number of anilines is 1. The van der Waals surface area contributed by atoms with Gasteiger partial charge in [0, 0.05) is 26.3 Å². The van der Waals surface area contributed by atoms with E-state index in [0.29, 0.717) is 13.2 Å². The summed E-state index contributed by atoms with van der Waals surface area (Å²) >= 11 is 0. The lowest BCUT2D eigenvalue weighted by Gasteiger charge is -2.14. The van der Waals surface area contributed by atoms with Crippen LogP contribution in [-0.2, 0) is 13.2 Å². The summed E-state index contributed by atoms with van der Waals surface area (Å²) in [7, 11) is 4.07. The Hall–Kier alpha value is -2.00. The van der Waals surface area contributed by atoms with Crippen LogP contribution in [0.15, 0.2) is 48.5 Å². The fourth-order valence-corrected chi connectivity index (χ4v) is 1.81. The number of hydrogen-bond donors (Lipinski definition) is 1. The highest BCUT2D eigenvalue weighted by Crippen LogP contribution is 2.17. The van der Waals surface area contributed by atoms with Crippen LogP contribution in [0.3, 0.4) is 0 Å². The fourth-order valence-electron chi connectivity index (χ4n) is 1.81. The first kappa shape index (κ1) is 13.4. The zero-order valence-corrected chi connectivity index (χ0v) is 11.5. The molecule has 0 unspecified atom stereocenters. The molecule has 0 bridgehead atoms. The van der Waals surface area contributed by atoms with Crippen LogP contribution in [0, 0.1) is 0 Å². The topological polar surface area (TPSA) is 38.5 Å². The van der Waals surface area contributed by atoms with Crippen molar-refractivity contribution in [3.8, 4) is 5.75 Å². The summed E-state index contributed by atoms with van der Waals surface area (Å²) in [6.45, 7) is 1.13. The van der Waals surface area contributed by atoms with Crippen molar-refractivity contribution in [3.63, 3.8) is 0 Å². The second-order valence-corrected chi connectivity index (χ2v) is 4.70. The maximum Gasteiger partial charge on any atom is 0.119 e. The minimum Gasteiger partial charge on any atom is -0.489 e. The Bertz CT molecular complexity index is 521. The Labute approximate surface area is 114 Å². The van der Waals surface area contributed by atoms with Crippen molar-refractivity contribution in [2.24, 2.45) is 5.73 Å². The molecule has 0 radical (unpaired) electrons. The third-order valence-corrected chi connectivity index (χ3v) is 2.99. The highest BCUT2D eigenvalue weighted by atomic mass is 16.5. The minimum absolute atomic E-state index is 0.561. The molecule has 0 saturated carbocycles. The van der Waals surface area contributed by atoms with Gasteiger partial charge in [-0.15, -0.1) is 0 Å². The van der Waals surface area contributed by atoms with Crippen molar-refractivity contribution >= 4 is 5.69 Å². The molecule has 0 aliphatic rings. The number of benzene rings is 2. The monoisotopic (exact) mass is 256 g/mol. The van der Waals surface area contributed by atoms with E-state index >= 15 is 0 Å². The van der Waals surface area contributed by atoms with Crippen molar-refractivity contribution in [2.75, 3.05) is 19.0 Å². The molecule has 2 rings (SSSR count). The van der Waals surface area contributed by atoms with E-state index in [1.54, 1.807) is 0 Å². The average Bonchev–Trinajstić information content (AvgIpc) is 2.46. The molecular formula is C16H20N2O. The lowest BCUT2D eigenvalue weighted by Crippen LogP contribution is -2.09. The molecule has 0 amide bonds. The number of rotatable bonds is 5. The molecule has 0 saturated heterocycles. The third-order valence-electron chi connectivity index (χ3n) is 2.99. The average molecular weight is 256 g/mol. The summed E-state index contributed by atoms with van der Waals surface area (Å²) in [6.07, 6.45) is 0. The molecule has 0 atom stereocenters. The van der Waals surface area contributed by atoms with Crippen LogP contribution in [-0.4, -0.2) is 14.1 Å². The van der Waals surface area contributed by atoms with E-state index in [2.05, 4.69) is 23.1 Å². The van der Waals surface area contributed by atoms with Gasteiger partial charge >= 0.3 is 0 Å². The molecule has 19 heavy (non-hydrogen) atoms. The molecule has 2 aromatic carbocycles. The maximum absolute atomic E-state index is 5.77. The first-order chi connectivity index (χ1) is 9.19. The number of nitrogens with zero attached hydrogens (tertiary/aromatic N) is 1. The maximum atomic E-state index is 5.77. The van der Waals surface area contributed by atoms with Gasteiger partial charge < -0.3 is 15.4 Å². The van der Waals surface area contributed by atoms with Crippen molar-refractivity contribution in [1.82, 2.24) is 0 Å². The normalized spacial score (nSPS) is 10.3. The van der Waals surface area contributed by atoms with E-state index in [1.807, 2.05) is 44.4 Å². The first-order valence-corrected chi connectivity index (χ1v) is 6.37. The van der Waals surface area contributed by atoms with Crippen LogP contribution in [0.1, 0.15) is 11.1 Å². The first-order valence-electron chi connectivity index (χ1n) is 6.37. The lowest BCUT2D eigenvalue weighted by molar-refractivity contribution is 0.306. The smallest absolute Gasteiger partial charge is 0.119 e. The van der Waals surface area contributed by atoms with E-state index in [1.165, 1.54) is 5.69 Å². The third kappa shape index (κ3) is 3.73. The van der Waals surface area contributed by atoms with E-state index in [0.717, 1.165) is 16.9 Å². The Morgan fingerprint density at radius 3 is 2.37 bits per heavy atom. The zero-order valence-electron chi connectivity index (χ0n) is 11.5. The second-order valence-electron chi connectivity index (χ2n) is 4.70. The van der Waals surface area contributed by atoms with Gasteiger partial charge in [-0.2, -0.15) is 0 Å². The van der Waals surface area contributed by atoms with E-state index in [-0.39, 0.29) is 0 Å². The Kier molecular flexibility index (Phi) is 4.42. The van der Waals surface area contributed by atoms with Crippen LogP contribution in [0.2, 0.25) is 0 Å². The predicted octanol–water partition coefficient (Wildman–Crippen LogP) is 2.79. The molecule has 2 aromatic rings. The lowest BCUT2D eigenvalue weighted by atomic mass is 10.2. The second kappa shape index (κ2) is 6.25. The van der Waals surface area contributed by atoms with Crippen LogP contribution < -0.4 is 15.4 Å². The molecule has 0 aliphatic heterocycles. The van der Waals surface area contributed by atoms with Gasteiger partial charge in [0.25, 0.3) is 0 Å². The summed E-state index contributed by atoms with van der Waals surface area (Å²) in [5.41, 5.74) is 9.02. The highest BCUT2D eigenvalue weighted by molar-refractivity contribution is 5.47. The van der Waals surface area contributed by atoms with Crippen molar-refractivity contribution in [1.29, 1.82) is 0 Å². The van der Waals surface area contributed by atoms with Gasteiger partial charge in [0.15, 0.2) is 0 Å². The summed E-state index contributed by atoms with van der Waals surface area (Å²) in [4.78, 5) is 2.08. The molecule has 100 valence electrons. The molecular weight excluding hydrogens is 236 g/mol. The van der Waals surface area contributed by atoms with Crippen molar-refractivity contribution in [2.45, 2.75) is 13.2 Å². The SMILES string of the molecule is CN(C)c1cccc(COc2ccc(CN)cc2)c1. The molecule has 0 heterocycles. The Balaban J connectivity index is 1.99. The van der Waals surface area contributed by atoms with E-state index in [9.17, 15) is 0 Å². The van der Waals surface area contributed by atoms with Crippen molar-refractivity contribution in [3.05, 3.63) is 59.7 Å². The van der Waals surface area contributed by atoms with Gasteiger partial charge in [0.2, 0.25) is 0 Å². The summed E-state index contributed by atoms with van der Waals surface area (Å²) in [5.74, 6) is 0.868. The van der Waals surface area contributed by atoms with E-state index in [4.69, 9.17) is 10.5 Å². The largest absolute Gasteiger partial charge is 0.489 e. The molecule has 0 spiro atoms. The molecule has 0 fully saturated rings. The predicted molar refractivity (Wildman–Crippen MR) is 79.4 cm³/mol. The Morgan fingerprint density at radius 1 is 1.00 bits per heavy atom. The zero-order chi connectivity index (χ0) is 13.7. The van der Waals surface area contributed by atoms with Gasteiger partial charge in [-0.25, -0.2) is 0 Å². The van der Waals surface area contributed by atoms with Gasteiger partial charge in [0.1, 0.15) is 12.4 Å². The minimum atomic E-state index is 0.561. The van der Waals surface area contributed by atoms with Gasteiger partial charge in [-0.1, -0.05) is 24.3 Å². The summed E-state index contributed by atoms with van der Waals surface area (Å²) in [6, 6.07) is 16.2. The van der Waals surface area contributed by atoms with Crippen LogP contribution in [0.5, 0.6) is 5.75 Å². The fraction of sp³-hybridized carbons (Fsp3) is 0.250. The molecule has 0 aromatic heterocycles. The van der Waals surface area contributed by atoms with Gasteiger partial charge in [0.05, 0.1) is 0 Å². The number of hydrogen-bond acceptors (Lipinski definition) is 3. The standard InChI is InChI=1S/C16H20N2O/c1-18(2)15-5-3-4-14(10-15)12-19-16-8-6-13(11-17)7-9-16/h3-10H,11-12,17H2,1-2H3. The number of ether oxygens (including phenoxy) is 1. The number of nitrogens with two attached hydrogens (primary N) is 1. The Morgan fingerprint density at radius 2 is 1.74 bits per heavy atom. The van der Waals surface area contributed by atoms with Crippen LogP contribution in [0.4, 0.5) is 5.69 Å². The highest BCUT2D eigenvalue weighted by Gasteiger charge is 1.99. The van der Waals surface area contributed by atoms with Crippen LogP contribution >= 0.6 is 0 Å². The summed E-state index contributed by atoms with van der Waals surface area (Å²) < 4.78 is 5.77. The quantitative estimate of drug-likeness (QED) is 0.894. The van der Waals surface area contributed by atoms with E-state index < -0.39 is 0 Å². The summed E-state index contributed by atoms with van der Waals surface area (Å²) in [5, 5.41) is 0. The van der Waals surface area contributed by atoms with Gasteiger partial charge in [-0.3, -0.25) is 0 Å². The molecule has 2 N–H and O–H groups in total. The van der Waals surface area contributed by atoms with Crippen molar-refractivity contribution < 1.29 is 4.74 Å². The molecule has 3 nitrogen and oxygen atoms in total. The van der Waals surface area contributed by atoms with Gasteiger partial charge in [-0.05, 0) is 35.4 Å². The van der Waals surface area contributed by atoms with Crippen LogP contribution in [0.25, 0.3) is 0 Å². The molecule has 0 aliphatic carbocycles.